The minimum Gasteiger partial charge on any atom is -0.459 e. The number of piperidine rings is 1. The van der Waals surface area contributed by atoms with Crippen molar-refractivity contribution in [2.45, 2.75) is 18.9 Å². The molecule has 5 rings (SSSR count). The molecule has 2 amide bonds. The molecule has 1 aliphatic heterocycles. The van der Waals surface area contributed by atoms with Crippen LogP contribution in [0.15, 0.2) is 70.9 Å². The Kier molecular flexibility index (Phi) is 5.55. The lowest BCUT2D eigenvalue weighted by Gasteiger charge is -2.31. The molecular formula is C23H21N5O3S. The van der Waals surface area contributed by atoms with Gasteiger partial charge in [0.1, 0.15) is 10.7 Å². The van der Waals surface area contributed by atoms with Crippen molar-refractivity contribution >= 4 is 23.2 Å². The summed E-state index contributed by atoms with van der Waals surface area (Å²) in [5.41, 5.74) is 2.22. The first-order chi connectivity index (χ1) is 15.7. The van der Waals surface area contributed by atoms with E-state index in [1.54, 1.807) is 33.3 Å². The summed E-state index contributed by atoms with van der Waals surface area (Å²) in [5, 5.41) is 9.95. The van der Waals surface area contributed by atoms with Crippen LogP contribution in [0, 0.1) is 0 Å². The Labute approximate surface area is 188 Å². The first-order valence-electron chi connectivity index (χ1n) is 10.4. The number of nitrogens with zero attached hydrogens (tertiary/aromatic N) is 4. The maximum atomic E-state index is 12.7. The highest BCUT2D eigenvalue weighted by molar-refractivity contribution is 7.13. The van der Waals surface area contributed by atoms with Gasteiger partial charge < -0.3 is 14.6 Å². The second-order valence-electron chi connectivity index (χ2n) is 7.56. The second kappa shape index (κ2) is 8.80. The minimum atomic E-state index is -0.196. The topological polar surface area (TPSA) is 93.3 Å². The molecule has 3 aromatic heterocycles. The molecular weight excluding hydrogens is 426 g/mol. The van der Waals surface area contributed by atoms with Crippen molar-refractivity contribution < 1.29 is 14.0 Å². The molecule has 1 saturated heterocycles. The molecule has 0 aliphatic carbocycles. The second-order valence-corrected chi connectivity index (χ2v) is 8.42. The van der Waals surface area contributed by atoms with Gasteiger partial charge in [-0.15, -0.1) is 11.3 Å². The number of nitrogens with one attached hydrogen (secondary N) is 1. The zero-order chi connectivity index (χ0) is 21.9. The van der Waals surface area contributed by atoms with E-state index in [-0.39, 0.29) is 17.9 Å². The van der Waals surface area contributed by atoms with Crippen LogP contribution in [0.1, 0.15) is 33.9 Å². The van der Waals surface area contributed by atoms with Gasteiger partial charge in [0.2, 0.25) is 0 Å². The van der Waals surface area contributed by atoms with Crippen LogP contribution in [0.5, 0.6) is 0 Å². The van der Waals surface area contributed by atoms with Gasteiger partial charge >= 0.3 is 0 Å². The molecule has 32 heavy (non-hydrogen) atoms. The molecule has 1 N–H and O–H groups in total. The average molecular weight is 448 g/mol. The molecule has 4 aromatic rings. The first-order valence-corrected chi connectivity index (χ1v) is 11.2. The average Bonchev–Trinajstić information content (AvgIpc) is 3.61. The van der Waals surface area contributed by atoms with E-state index in [0.717, 1.165) is 16.3 Å². The molecule has 1 aliphatic rings. The van der Waals surface area contributed by atoms with E-state index in [0.29, 0.717) is 37.4 Å². The summed E-state index contributed by atoms with van der Waals surface area (Å²) in [6.45, 7) is 1.15. The number of furan rings is 1. The number of aromatic nitrogens is 3. The molecule has 1 aromatic carbocycles. The number of benzene rings is 1. The van der Waals surface area contributed by atoms with Gasteiger partial charge in [-0.2, -0.15) is 5.10 Å². The molecule has 0 unspecified atom stereocenters. The van der Waals surface area contributed by atoms with Gasteiger partial charge in [-0.05, 0) is 37.1 Å². The van der Waals surface area contributed by atoms with Gasteiger partial charge in [0, 0.05) is 36.3 Å². The highest BCUT2D eigenvalue weighted by atomic mass is 32.1. The van der Waals surface area contributed by atoms with Crippen molar-refractivity contribution in [1.29, 1.82) is 0 Å². The van der Waals surface area contributed by atoms with E-state index in [1.807, 2.05) is 36.5 Å². The number of carbonyl (C=O) groups excluding carboxylic acids is 2. The van der Waals surface area contributed by atoms with Crippen LogP contribution in [0.3, 0.4) is 0 Å². The van der Waals surface area contributed by atoms with E-state index in [4.69, 9.17) is 4.42 Å². The maximum absolute atomic E-state index is 12.7. The van der Waals surface area contributed by atoms with Crippen molar-refractivity contribution in [1.82, 2.24) is 25.0 Å². The number of likely N-dealkylation sites (tertiary alicyclic amines) is 1. The van der Waals surface area contributed by atoms with Crippen LogP contribution in [0.2, 0.25) is 0 Å². The van der Waals surface area contributed by atoms with Crippen LogP contribution in [0.25, 0.3) is 16.3 Å². The number of thiazole rings is 1. The van der Waals surface area contributed by atoms with Gasteiger partial charge in [-0.3, -0.25) is 9.59 Å². The fraction of sp³-hybridized carbons (Fsp3) is 0.217. The smallest absolute Gasteiger partial charge is 0.289 e. The van der Waals surface area contributed by atoms with E-state index in [1.165, 1.54) is 17.6 Å². The van der Waals surface area contributed by atoms with Gasteiger partial charge in [0.15, 0.2) is 5.76 Å². The predicted octanol–water partition coefficient (Wildman–Crippen LogP) is 3.62. The normalized spacial score (nSPS) is 14.4. The Balaban J connectivity index is 1.18. The zero-order valence-corrected chi connectivity index (χ0v) is 18.0. The standard InChI is InChI=1S/C23H21N5O3S/c29-21(25-17-8-10-27(11-9-17)23(30)20-7-4-12-31-20)19-15-32-22(26-19)16-13-24-28(14-16)18-5-2-1-3-6-18/h1-7,12-15,17H,8-11H2,(H,25,29). The van der Waals surface area contributed by atoms with Gasteiger partial charge in [0.25, 0.3) is 11.8 Å². The van der Waals surface area contributed by atoms with E-state index in [9.17, 15) is 9.59 Å². The maximum Gasteiger partial charge on any atom is 0.289 e. The summed E-state index contributed by atoms with van der Waals surface area (Å²) in [4.78, 5) is 31.3. The summed E-state index contributed by atoms with van der Waals surface area (Å²) in [5.74, 6) is 0.0387. The third kappa shape index (κ3) is 4.19. The van der Waals surface area contributed by atoms with Gasteiger partial charge in [0.05, 0.1) is 18.1 Å². The summed E-state index contributed by atoms with van der Waals surface area (Å²) in [6, 6.07) is 13.2. The van der Waals surface area contributed by atoms with Crippen molar-refractivity contribution in [2.24, 2.45) is 0 Å². The Morgan fingerprint density at radius 2 is 1.91 bits per heavy atom. The summed E-state index contributed by atoms with van der Waals surface area (Å²) in [6.07, 6.45) is 6.54. The Morgan fingerprint density at radius 1 is 1.09 bits per heavy atom. The quantitative estimate of drug-likeness (QED) is 0.504. The molecule has 4 heterocycles. The monoisotopic (exact) mass is 447 g/mol. The lowest BCUT2D eigenvalue weighted by molar-refractivity contribution is 0.0667. The SMILES string of the molecule is O=C(NC1CCN(C(=O)c2ccco2)CC1)c1csc(-c2cnn(-c3ccccc3)c2)n1. The first kappa shape index (κ1) is 20.2. The molecule has 0 atom stereocenters. The summed E-state index contributed by atoms with van der Waals surface area (Å²) >= 11 is 1.42. The Morgan fingerprint density at radius 3 is 2.66 bits per heavy atom. The number of hydrogen-bond acceptors (Lipinski definition) is 6. The minimum absolute atomic E-state index is 0.00846. The Hall–Kier alpha value is -3.72. The Bertz CT molecular complexity index is 1210. The van der Waals surface area contributed by atoms with Gasteiger partial charge in [-0.25, -0.2) is 9.67 Å². The molecule has 9 heteroatoms. The number of amides is 2. The molecule has 0 radical (unpaired) electrons. The van der Waals surface area contributed by atoms with E-state index < -0.39 is 0 Å². The molecule has 8 nitrogen and oxygen atoms in total. The highest BCUT2D eigenvalue weighted by Gasteiger charge is 2.26. The van der Waals surface area contributed by atoms with Gasteiger partial charge in [-0.1, -0.05) is 18.2 Å². The number of rotatable bonds is 5. The highest BCUT2D eigenvalue weighted by Crippen LogP contribution is 2.24. The molecule has 0 saturated carbocycles. The summed E-state index contributed by atoms with van der Waals surface area (Å²) < 4.78 is 6.98. The van der Waals surface area contributed by atoms with Crippen LogP contribution < -0.4 is 5.32 Å². The zero-order valence-electron chi connectivity index (χ0n) is 17.2. The molecule has 0 bridgehead atoms. The molecule has 162 valence electrons. The van der Waals surface area contributed by atoms with Crippen molar-refractivity contribution in [3.8, 4) is 16.3 Å². The van der Waals surface area contributed by atoms with Crippen LogP contribution in [-0.4, -0.2) is 50.6 Å². The van der Waals surface area contributed by atoms with E-state index in [2.05, 4.69) is 15.4 Å². The number of hydrogen-bond donors (Lipinski definition) is 1. The van der Waals surface area contributed by atoms with Crippen LogP contribution in [-0.2, 0) is 0 Å². The number of para-hydroxylation sites is 1. The summed E-state index contributed by atoms with van der Waals surface area (Å²) in [7, 11) is 0. The molecule has 1 fully saturated rings. The predicted molar refractivity (Wildman–Crippen MR) is 120 cm³/mol. The molecule has 0 spiro atoms. The van der Waals surface area contributed by atoms with Crippen LogP contribution in [0.4, 0.5) is 0 Å². The fourth-order valence-electron chi connectivity index (χ4n) is 3.71. The fourth-order valence-corrected chi connectivity index (χ4v) is 4.48. The van der Waals surface area contributed by atoms with Crippen molar-refractivity contribution in [2.75, 3.05) is 13.1 Å². The number of carbonyl (C=O) groups is 2. The van der Waals surface area contributed by atoms with Crippen LogP contribution >= 0.6 is 11.3 Å². The largest absolute Gasteiger partial charge is 0.459 e. The lowest BCUT2D eigenvalue weighted by Crippen LogP contribution is -2.46. The third-order valence-corrected chi connectivity index (χ3v) is 6.33. The van der Waals surface area contributed by atoms with E-state index >= 15 is 0 Å². The third-order valence-electron chi connectivity index (χ3n) is 5.44. The van der Waals surface area contributed by atoms with Crippen molar-refractivity contribution in [3.63, 3.8) is 0 Å². The lowest BCUT2D eigenvalue weighted by atomic mass is 10.0. The van der Waals surface area contributed by atoms with Crippen molar-refractivity contribution in [3.05, 3.63) is 78.0 Å².